The molecule has 1 aromatic carbocycles. The Balaban J connectivity index is 1.34. The minimum atomic E-state index is -0.442. The second kappa shape index (κ2) is 7.95. The van der Waals surface area contributed by atoms with Crippen LogP contribution in [0.25, 0.3) is 16.7 Å². The minimum absolute atomic E-state index is 0.128. The summed E-state index contributed by atoms with van der Waals surface area (Å²) in [4.78, 5) is 41.5. The van der Waals surface area contributed by atoms with Crippen molar-refractivity contribution in [2.45, 2.75) is 25.8 Å². The van der Waals surface area contributed by atoms with Crippen molar-refractivity contribution in [2.75, 3.05) is 6.54 Å². The Kier molecular flexibility index (Phi) is 4.96. The molecule has 10 nitrogen and oxygen atoms in total. The van der Waals surface area contributed by atoms with E-state index < -0.39 is 11.7 Å². The van der Waals surface area contributed by atoms with Gasteiger partial charge in [0.25, 0.3) is 11.8 Å². The summed E-state index contributed by atoms with van der Waals surface area (Å²) in [6.07, 6.45) is 4.99. The number of carbonyl (C=O) groups is 2. The standard InChI is InChI=1S/C22H22N6O4/c1-27-16-9-14(5-6-18(16)32-22(27)31)12-23-20(29)15-10-17(28-19(26-15)7-8-25-28)21(30)24-11-13-3-2-4-13/h5-10,13H,2-4,11-12H2,1H3,(H,23,29)(H,24,30). The first-order valence-corrected chi connectivity index (χ1v) is 10.5. The molecule has 164 valence electrons. The molecule has 5 rings (SSSR count). The van der Waals surface area contributed by atoms with Crippen molar-refractivity contribution in [1.29, 1.82) is 0 Å². The highest BCUT2D eigenvalue weighted by Gasteiger charge is 2.21. The number of aryl methyl sites for hydroxylation is 1. The summed E-state index contributed by atoms with van der Waals surface area (Å²) in [5.41, 5.74) is 2.74. The van der Waals surface area contributed by atoms with Gasteiger partial charge in [-0.25, -0.2) is 14.3 Å². The number of nitrogens with one attached hydrogen (secondary N) is 2. The van der Waals surface area contributed by atoms with E-state index in [9.17, 15) is 14.4 Å². The van der Waals surface area contributed by atoms with Crippen LogP contribution in [0.2, 0.25) is 0 Å². The molecular weight excluding hydrogens is 412 g/mol. The Bertz CT molecular complexity index is 1390. The van der Waals surface area contributed by atoms with Gasteiger partial charge in [0.15, 0.2) is 11.2 Å². The molecule has 2 amide bonds. The molecule has 1 aliphatic carbocycles. The van der Waals surface area contributed by atoms with Gasteiger partial charge in [-0.15, -0.1) is 0 Å². The van der Waals surface area contributed by atoms with Crippen LogP contribution in [0.5, 0.6) is 0 Å². The summed E-state index contributed by atoms with van der Waals surface area (Å²) in [7, 11) is 1.62. The van der Waals surface area contributed by atoms with Gasteiger partial charge < -0.3 is 15.1 Å². The quantitative estimate of drug-likeness (QED) is 0.475. The molecule has 1 saturated carbocycles. The molecule has 3 heterocycles. The zero-order valence-corrected chi connectivity index (χ0v) is 17.5. The van der Waals surface area contributed by atoms with Crippen molar-refractivity contribution in [3.05, 3.63) is 64.0 Å². The summed E-state index contributed by atoms with van der Waals surface area (Å²) in [6.45, 7) is 0.841. The topological polar surface area (TPSA) is 124 Å². The SMILES string of the molecule is Cn1c(=O)oc2ccc(CNC(=O)c3cc(C(=O)NCC4CCC4)n4nccc4n3)cc21. The molecule has 1 aliphatic rings. The maximum Gasteiger partial charge on any atom is 0.419 e. The third kappa shape index (κ3) is 3.64. The van der Waals surface area contributed by atoms with Crippen molar-refractivity contribution in [3.63, 3.8) is 0 Å². The Labute approximate surface area is 182 Å². The van der Waals surface area contributed by atoms with E-state index in [-0.39, 0.29) is 23.8 Å². The number of hydrogen-bond acceptors (Lipinski definition) is 6. The van der Waals surface area contributed by atoms with Crippen LogP contribution in [0.3, 0.4) is 0 Å². The fourth-order valence-corrected chi connectivity index (χ4v) is 3.77. The van der Waals surface area contributed by atoms with Crippen molar-refractivity contribution >= 4 is 28.6 Å². The van der Waals surface area contributed by atoms with Gasteiger partial charge in [0.1, 0.15) is 11.4 Å². The second-order valence-corrected chi connectivity index (χ2v) is 8.05. The van der Waals surface area contributed by atoms with Crippen molar-refractivity contribution < 1.29 is 14.0 Å². The van der Waals surface area contributed by atoms with Crippen molar-refractivity contribution in [3.8, 4) is 0 Å². The Morgan fingerprint density at radius 2 is 2.00 bits per heavy atom. The molecule has 0 radical (unpaired) electrons. The van der Waals surface area contributed by atoms with E-state index >= 15 is 0 Å². The van der Waals surface area contributed by atoms with Crippen molar-refractivity contribution in [2.24, 2.45) is 13.0 Å². The number of rotatable bonds is 6. The Morgan fingerprint density at radius 3 is 2.78 bits per heavy atom. The van der Waals surface area contributed by atoms with E-state index in [1.807, 2.05) is 0 Å². The number of hydrogen-bond donors (Lipinski definition) is 2. The van der Waals surface area contributed by atoms with Crippen LogP contribution in [-0.2, 0) is 13.6 Å². The third-order valence-electron chi connectivity index (χ3n) is 5.91. The largest absolute Gasteiger partial charge is 0.419 e. The van der Waals surface area contributed by atoms with Gasteiger partial charge in [0.2, 0.25) is 0 Å². The first-order valence-electron chi connectivity index (χ1n) is 10.5. The molecule has 2 N–H and O–H groups in total. The lowest BCUT2D eigenvalue weighted by atomic mass is 9.85. The van der Waals surface area contributed by atoms with Gasteiger partial charge in [-0.1, -0.05) is 12.5 Å². The fourth-order valence-electron chi connectivity index (χ4n) is 3.77. The lowest BCUT2D eigenvalue weighted by molar-refractivity contribution is 0.0931. The zero-order valence-electron chi connectivity index (χ0n) is 17.5. The molecule has 0 aliphatic heterocycles. The lowest BCUT2D eigenvalue weighted by Crippen LogP contribution is -2.34. The highest BCUT2D eigenvalue weighted by molar-refractivity contribution is 5.98. The van der Waals surface area contributed by atoms with Crippen molar-refractivity contribution in [1.82, 2.24) is 29.8 Å². The molecular formula is C22H22N6O4. The maximum atomic E-state index is 12.8. The minimum Gasteiger partial charge on any atom is -0.408 e. The number of nitrogens with zero attached hydrogens (tertiary/aromatic N) is 4. The number of amides is 2. The van der Waals surface area contributed by atoms with E-state index in [1.165, 1.54) is 27.8 Å². The van der Waals surface area contributed by atoms with Crippen LogP contribution in [0.1, 0.15) is 45.8 Å². The summed E-state index contributed by atoms with van der Waals surface area (Å²) < 4.78 is 7.96. The summed E-state index contributed by atoms with van der Waals surface area (Å²) >= 11 is 0. The molecule has 0 unspecified atom stereocenters. The molecule has 0 saturated heterocycles. The highest BCUT2D eigenvalue weighted by atomic mass is 16.4. The number of benzene rings is 1. The van der Waals surface area contributed by atoms with Gasteiger partial charge in [0, 0.05) is 32.3 Å². The smallest absolute Gasteiger partial charge is 0.408 e. The molecule has 10 heteroatoms. The molecule has 4 aromatic rings. The second-order valence-electron chi connectivity index (χ2n) is 8.05. The molecule has 0 bridgehead atoms. The molecule has 1 fully saturated rings. The van der Waals surface area contributed by atoms with Crippen LogP contribution in [0.4, 0.5) is 0 Å². The lowest BCUT2D eigenvalue weighted by Gasteiger charge is -2.25. The molecule has 0 spiro atoms. The number of aromatic nitrogens is 4. The van der Waals surface area contributed by atoms with Gasteiger partial charge in [-0.05, 0) is 36.5 Å². The number of fused-ring (bicyclic) bond motifs is 2. The van der Waals surface area contributed by atoms with E-state index in [2.05, 4.69) is 20.7 Å². The van der Waals surface area contributed by atoms with Crippen LogP contribution < -0.4 is 16.4 Å². The van der Waals surface area contributed by atoms with Gasteiger partial charge >= 0.3 is 5.76 Å². The normalized spacial score (nSPS) is 13.9. The van der Waals surface area contributed by atoms with E-state index in [0.717, 1.165) is 18.4 Å². The first-order chi connectivity index (χ1) is 15.5. The van der Waals surface area contributed by atoms with E-state index in [1.54, 1.807) is 31.3 Å². The third-order valence-corrected chi connectivity index (χ3v) is 5.91. The average molecular weight is 434 g/mol. The fraction of sp³-hybridized carbons (Fsp3) is 0.318. The Hall–Kier alpha value is -3.95. The molecule has 32 heavy (non-hydrogen) atoms. The van der Waals surface area contributed by atoms with Gasteiger partial charge in [-0.2, -0.15) is 5.10 Å². The molecule has 0 atom stereocenters. The summed E-state index contributed by atoms with van der Waals surface area (Å²) in [6, 6.07) is 8.35. The molecule has 3 aromatic heterocycles. The van der Waals surface area contributed by atoms with Gasteiger partial charge in [0.05, 0.1) is 11.7 Å². The van der Waals surface area contributed by atoms with Crippen LogP contribution >= 0.6 is 0 Å². The predicted molar refractivity (Wildman–Crippen MR) is 115 cm³/mol. The van der Waals surface area contributed by atoms with Crippen LogP contribution in [0.15, 0.2) is 45.7 Å². The average Bonchev–Trinajstić information content (AvgIpc) is 3.34. The first kappa shape index (κ1) is 20.0. The maximum absolute atomic E-state index is 12.8. The van der Waals surface area contributed by atoms with E-state index in [0.29, 0.717) is 29.2 Å². The summed E-state index contributed by atoms with van der Waals surface area (Å²) in [5, 5.41) is 9.91. The van der Waals surface area contributed by atoms with Crippen LogP contribution in [0, 0.1) is 5.92 Å². The van der Waals surface area contributed by atoms with Gasteiger partial charge in [-0.3, -0.25) is 14.2 Å². The van der Waals surface area contributed by atoms with Crippen LogP contribution in [-0.4, -0.2) is 37.5 Å². The Morgan fingerprint density at radius 1 is 1.16 bits per heavy atom. The zero-order chi connectivity index (χ0) is 22.2. The number of oxazole rings is 1. The summed E-state index contributed by atoms with van der Waals surface area (Å²) in [5.74, 6) is -0.623. The monoisotopic (exact) mass is 434 g/mol. The van der Waals surface area contributed by atoms with E-state index in [4.69, 9.17) is 4.42 Å². The highest BCUT2D eigenvalue weighted by Crippen LogP contribution is 2.25. The number of carbonyl (C=O) groups excluding carboxylic acids is 2. The predicted octanol–water partition coefficient (Wildman–Crippen LogP) is 1.63.